The summed E-state index contributed by atoms with van der Waals surface area (Å²) >= 11 is 0. The van der Waals surface area contributed by atoms with Gasteiger partial charge in [0.25, 0.3) is 11.6 Å². The molecule has 0 fully saturated rings. The number of carbonyl (C=O) groups excluding carboxylic acids is 1. The van der Waals surface area contributed by atoms with Crippen LogP contribution in [-0.2, 0) is 6.54 Å². The average Bonchev–Trinajstić information content (AvgIpc) is 2.91. The van der Waals surface area contributed by atoms with Gasteiger partial charge in [-0.1, -0.05) is 0 Å². The molecule has 104 valence electrons. The van der Waals surface area contributed by atoms with Crippen LogP contribution in [0.5, 0.6) is 0 Å². The molecule has 2 aromatic rings. The summed E-state index contributed by atoms with van der Waals surface area (Å²) in [6.45, 7) is 2.49. The average molecular weight is 274 g/mol. The second-order valence-corrected chi connectivity index (χ2v) is 4.44. The second kappa shape index (κ2) is 5.96. The van der Waals surface area contributed by atoms with Crippen molar-refractivity contribution in [2.75, 3.05) is 0 Å². The van der Waals surface area contributed by atoms with Crippen LogP contribution in [0.1, 0.15) is 17.3 Å². The third-order valence-electron chi connectivity index (χ3n) is 2.76. The number of benzene rings is 1. The molecule has 1 heterocycles. The summed E-state index contributed by atoms with van der Waals surface area (Å²) in [5.74, 6) is -0.257. The van der Waals surface area contributed by atoms with Gasteiger partial charge in [0, 0.05) is 42.7 Å². The highest BCUT2D eigenvalue weighted by Gasteiger charge is 2.12. The number of amides is 1. The van der Waals surface area contributed by atoms with Crippen molar-refractivity contribution in [3.63, 3.8) is 0 Å². The summed E-state index contributed by atoms with van der Waals surface area (Å²) in [4.78, 5) is 25.9. The number of carbonyl (C=O) groups is 1. The predicted molar refractivity (Wildman–Crippen MR) is 72.3 cm³/mol. The Hall–Kier alpha value is -2.70. The number of imidazole rings is 1. The normalized spacial score (nSPS) is 11.8. The zero-order chi connectivity index (χ0) is 14.5. The van der Waals surface area contributed by atoms with E-state index in [0.717, 1.165) is 0 Å². The maximum atomic E-state index is 12.0. The molecule has 1 atom stereocenters. The quantitative estimate of drug-likeness (QED) is 0.662. The molecule has 0 saturated carbocycles. The van der Waals surface area contributed by atoms with Crippen molar-refractivity contribution >= 4 is 11.6 Å². The van der Waals surface area contributed by atoms with E-state index in [1.165, 1.54) is 24.3 Å². The molecular formula is C13H14N4O3. The van der Waals surface area contributed by atoms with E-state index in [-0.39, 0.29) is 17.6 Å². The van der Waals surface area contributed by atoms with Gasteiger partial charge in [-0.25, -0.2) is 4.98 Å². The molecule has 0 aliphatic rings. The molecule has 20 heavy (non-hydrogen) atoms. The van der Waals surface area contributed by atoms with Crippen LogP contribution in [-0.4, -0.2) is 26.4 Å². The molecule has 0 unspecified atom stereocenters. The largest absolute Gasteiger partial charge is 0.348 e. The highest BCUT2D eigenvalue weighted by molar-refractivity contribution is 5.94. The van der Waals surface area contributed by atoms with Crippen molar-refractivity contribution in [3.8, 4) is 0 Å². The van der Waals surface area contributed by atoms with E-state index in [0.29, 0.717) is 12.1 Å². The smallest absolute Gasteiger partial charge is 0.269 e. The van der Waals surface area contributed by atoms with E-state index in [1.807, 2.05) is 17.7 Å². The van der Waals surface area contributed by atoms with Gasteiger partial charge < -0.3 is 9.88 Å². The summed E-state index contributed by atoms with van der Waals surface area (Å²) in [6, 6.07) is 5.44. The van der Waals surface area contributed by atoms with Gasteiger partial charge in [-0.3, -0.25) is 14.9 Å². The lowest BCUT2D eigenvalue weighted by Gasteiger charge is -2.14. The fourth-order valence-electron chi connectivity index (χ4n) is 1.80. The number of hydrogen-bond acceptors (Lipinski definition) is 4. The number of nitrogens with one attached hydrogen (secondary N) is 1. The van der Waals surface area contributed by atoms with Gasteiger partial charge in [-0.15, -0.1) is 0 Å². The first-order valence-corrected chi connectivity index (χ1v) is 6.07. The Balaban J connectivity index is 1.95. The fourth-order valence-corrected chi connectivity index (χ4v) is 1.80. The van der Waals surface area contributed by atoms with E-state index in [2.05, 4.69) is 10.3 Å². The standard InChI is InChI=1S/C13H14N4O3/c1-10(8-16-7-6-14-9-16)15-13(18)11-2-4-12(5-3-11)17(19)20/h2-7,9-10H,8H2,1H3,(H,15,18)/t10-/m0/s1. The van der Waals surface area contributed by atoms with Gasteiger partial charge in [-0.2, -0.15) is 0 Å². The van der Waals surface area contributed by atoms with Gasteiger partial charge in [0.2, 0.25) is 0 Å². The van der Waals surface area contributed by atoms with Crippen molar-refractivity contribution in [2.24, 2.45) is 0 Å². The fraction of sp³-hybridized carbons (Fsp3) is 0.231. The molecule has 1 N–H and O–H groups in total. The SMILES string of the molecule is C[C@@H](Cn1ccnc1)NC(=O)c1ccc([N+](=O)[O-])cc1. The lowest BCUT2D eigenvalue weighted by atomic mass is 10.2. The Morgan fingerprint density at radius 2 is 2.15 bits per heavy atom. The van der Waals surface area contributed by atoms with Crippen LogP contribution in [0.25, 0.3) is 0 Å². The molecule has 2 rings (SSSR count). The number of nitro benzene ring substituents is 1. The zero-order valence-corrected chi connectivity index (χ0v) is 10.9. The summed E-state index contributed by atoms with van der Waals surface area (Å²) in [5.41, 5.74) is 0.362. The molecule has 1 aromatic carbocycles. The van der Waals surface area contributed by atoms with E-state index in [9.17, 15) is 14.9 Å². The molecular weight excluding hydrogens is 260 g/mol. The lowest BCUT2D eigenvalue weighted by molar-refractivity contribution is -0.384. The van der Waals surface area contributed by atoms with E-state index in [4.69, 9.17) is 0 Å². The molecule has 0 aliphatic carbocycles. The van der Waals surface area contributed by atoms with Crippen molar-refractivity contribution < 1.29 is 9.72 Å². The monoisotopic (exact) mass is 274 g/mol. The number of rotatable bonds is 5. The minimum atomic E-state index is -0.497. The number of nitro groups is 1. The zero-order valence-electron chi connectivity index (χ0n) is 10.9. The Labute approximate surface area is 115 Å². The first-order valence-electron chi connectivity index (χ1n) is 6.07. The van der Waals surface area contributed by atoms with Crippen LogP contribution in [0.15, 0.2) is 43.0 Å². The van der Waals surface area contributed by atoms with Gasteiger partial charge in [0.15, 0.2) is 0 Å². The van der Waals surface area contributed by atoms with Crippen LogP contribution in [0.3, 0.4) is 0 Å². The number of nitrogens with zero attached hydrogens (tertiary/aromatic N) is 3. The molecule has 0 saturated heterocycles. The summed E-state index contributed by atoms with van der Waals surface area (Å²) in [7, 11) is 0. The number of aromatic nitrogens is 2. The molecule has 7 heteroatoms. The molecule has 1 amide bonds. The third-order valence-corrected chi connectivity index (χ3v) is 2.76. The van der Waals surface area contributed by atoms with Crippen molar-refractivity contribution in [2.45, 2.75) is 19.5 Å². The van der Waals surface area contributed by atoms with Crippen LogP contribution in [0.2, 0.25) is 0 Å². The first-order chi connectivity index (χ1) is 9.56. The van der Waals surface area contributed by atoms with Crippen molar-refractivity contribution in [3.05, 3.63) is 58.7 Å². The van der Waals surface area contributed by atoms with Gasteiger partial charge in [-0.05, 0) is 19.1 Å². The minimum absolute atomic E-state index is 0.0342. The Morgan fingerprint density at radius 3 is 2.70 bits per heavy atom. The van der Waals surface area contributed by atoms with E-state index in [1.54, 1.807) is 12.5 Å². The molecule has 0 spiro atoms. The van der Waals surface area contributed by atoms with E-state index >= 15 is 0 Å². The molecule has 1 aromatic heterocycles. The van der Waals surface area contributed by atoms with Crippen molar-refractivity contribution in [1.82, 2.24) is 14.9 Å². The molecule has 0 aliphatic heterocycles. The minimum Gasteiger partial charge on any atom is -0.348 e. The van der Waals surface area contributed by atoms with Gasteiger partial charge in [0.05, 0.1) is 11.3 Å². The Kier molecular flexibility index (Phi) is 4.09. The summed E-state index contributed by atoms with van der Waals surface area (Å²) in [5, 5.41) is 13.4. The maximum Gasteiger partial charge on any atom is 0.269 e. The summed E-state index contributed by atoms with van der Waals surface area (Å²) < 4.78 is 1.86. The van der Waals surface area contributed by atoms with Gasteiger partial charge in [0.1, 0.15) is 0 Å². The lowest BCUT2D eigenvalue weighted by Crippen LogP contribution is -2.35. The van der Waals surface area contributed by atoms with Crippen molar-refractivity contribution in [1.29, 1.82) is 0 Å². The first kappa shape index (κ1) is 13.7. The van der Waals surface area contributed by atoms with Crippen LogP contribution < -0.4 is 5.32 Å². The number of hydrogen-bond donors (Lipinski definition) is 1. The highest BCUT2D eigenvalue weighted by Crippen LogP contribution is 2.11. The molecule has 0 radical (unpaired) electrons. The Morgan fingerprint density at radius 1 is 1.45 bits per heavy atom. The van der Waals surface area contributed by atoms with E-state index < -0.39 is 4.92 Å². The maximum absolute atomic E-state index is 12.0. The predicted octanol–water partition coefficient (Wildman–Crippen LogP) is 1.61. The van der Waals surface area contributed by atoms with Crippen LogP contribution >= 0.6 is 0 Å². The second-order valence-electron chi connectivity index (χ2n) is 4.44. The van der Waals surface area contributed by atoms with Gasteiger partial charge >= 0.3 is 0 Å². The van der Waals surface area contributed by atoms with Crippen LogP contribution in [0.4, 0.5) is 5.69 Å². The van der Waals surface area contributed by atoms with Crippen LogP contribution in [0, 0.1) is 10.1 Å². The summed E-state index contributed by atoms with van der Waals surface area (Å²) in [6.07, 6.45) is 5.16. The topological polar surface area (TPSA) is 90.1 Å². The Bertz CT molecular complexity index is 593. The number of non-ortho nitro benzene ring substituents is 1. The molecule has 7 nitrogen and oxygen atoms in total. The third kappa shape index (κ3) is 3.41. The molecule has 0 bridgehead atoms. The highest BCUT2D eigenvalue weighted by atomic mass is 16.6.